The Morgan fingerprint density at radius 2 is 2.19 bits per heavy atom. The molecule has 0 bridgehead atoms. The SMILES string of the molecule is CCCCNC(=O)c1cnc2c(n1)N=C(N1CCCCC1)c1occc1S2. The van der Waals surface area contributed by atoms with Crippen LogP contribution in [0.1, 0.15) is 55.3 Å². The normalized spacial score (nSPS) is 16.2. The van der Waals surface area contributed by atoms with Crippen LogP contribution in [0.4, 0.5) is 5.82 Å². The van der Waals surface area contributed by atoms with E-state index in [9.17, 15) is 4.79 Å². The maximum atomic E-state index is 12.3. The lowest BCUT2D eigenvalue weighted by Crippen LogP contribution is -2.36. The van der Waals surface area contributed by atoms with E-state index in [4.69, 9.17) is 9.41 Å². The molecule has 2 aromatic rings. The summed E-state index contributed by atoms with van der Waals surface area (Å²) in [7, 11) is 0. The van der Waals surface area contributed by atoms with Crippen molar-refractivity contribution >= 4 is 29.3 Å². The zero-order valence-corrected chi connectivity index (χ0v) is 16.2. The summed E-state index contributed by atoms with van der Waals surface area (Å²) in [5.41, 5.74) is 0.297. The number of nitrogens with zero attached hydrogens (tertiary/aromatic N) is 4. The Bertz CT molecular complexity index is 858. The molecule has 142 valence electrons. The van der Waals surface area contributed by atoms with Crippen LogP contribution in [0.3, 0.4) is 0 Å². The van der Waals surface area contributed by atoms with Crippen LogP contribution in [0.25, 0.3) is 0 Å². The smallest absolute Gasteiger partial charge is 0.271 e. The monoisotopic (exact) mass is 385 g/mol. The number of aromatic nitrogens is 2. The highest BCUT2D eigenvalue weighted by Crippen LogP contribution is 2.39. The fraction of sp³-hybridized carbons (Fsp3) is 0.474. The largest absolute Gasteiger partial charge is 0.460 e. The zero-order valence-electron chi connectivity index (χ0n) is 15.4. The zero-order chi connectivity index (χ0) is 18.6. The summed E-state index contributed by atoms with van der Waals surface area (Å²) < 4.78 is 5.75. The fourth-order valence-corrected chi connectivity index (χ4v) is 4.06. The average molecular weight is 385 g/mol. The van der Waals surface area contributed by atoms with Crippen LogP contribution in [0, 0.1) is 0 Å². The summed E-state index contributed by atoms with van der Waals surface area (Å²) in [6.45, 7) is 4.62. The molecule has 0 spiro atoms. The first-order valence-electron chi connectivity index (χ1n) is 9.51. The molecule has 4 rings (SSSR count). The lowest BCUT2D eigenvalue weighted by Gasteiger charge is -2.28. The molecular weight excluding hydrogens is 362 g/mol. The Hall–Kier alpha value is -2.35. The van der Waals surface area contributed by atoms with Crippen LogP contribution in [0.2, 0.25) is 0 Å². The van der Waals surface area contributed by atoms with E-state index < -0.39 is 0 Å². The lowest BCUT2D eigenvalue weighted by atomic mass is 10.1. The first-order chi connectivity index (χ1) is 13.3. The van der Waals surface area contributed by atoms with E-state index >= 15 is 0 Å². The summed E-state index contributed by atoms with van der Waals surface area (Å²) in [5, 5.41) is 3.57. The number of unbranched alkanes of at least 4 members (excludes halogenated alkanes) is 1. The van der Waals surface area contributed by atoms with Crippen LogP contribution >= 0.6 is 11.8 Å². The van der Waals surface area contributed by atoms with E-state index in [0.29, 0.717) is 23.1 Å². The Morgan fingerprint density at radius 3 is 3.00 bits per heavy atom. The molecule has 27 heavy (non-hydrogen) atoms. The standard InChI is InChI=1S/C19H23N5O2S/c1-2-3-8-20-18(25)13-12-21-19-16(22-13)23-17(24-9-5-4-6-10-24)15-14(27-19)7-11-26-15/h7,11-12H,2-6,8-10H2,1H3,(H,20,25). The minimum atomic E-state index is -0.209. The predicted octanol–water partition coefficient (Wildman–Crippen LogP) is 3.63. The fourth-order valence-electron chi connectivity index (χ4n) is 3.21. The summed E-state index contributed by atoms with van der Waals surface area (Å²) in [6, 6.07) is 1.93. The molecule has 1 saturated heterocycles. The quantitative estimate of drug-likeness (QED) is 0.809. The van der Waals surface area contributed by atoms with Gasteiger partial charge in [0, 0.05) is 19.6 Å². The van der Waals surface area contributed by atoms with Gasteiger partial charge in [-0.25, -0.2) is 15.0 Å². The van der Waals surface area contributed by atoms with Gasteiger partial charge in [0.15, 0.2) is 17.4 Å². The molecule has 0 aromatic carbocycles. The van der Waals surface area contributed by atoms with Gasteiger partial charge in [0.2, 0.25) is 0 Å². The van der Waals surface area contributed by atoms with Gasteiger partial charge in [-0.1, -0.05) is 25.1 Å². The second-order valence-electron chi connectivity index (χ2n) is 6.69. The van der Waals surface area contributed by atoms with Gasteiger partial charge in [-0.2, -0.15) is 0 Å². The van der Waals surface area contributed by atoms with Gasteiger partial charge in [-0.3, -0.25) is 4.79 Å². The maximum absolute atomic E-state index is 12.3. The molecule has 0 atom stereocenters. The molecule has 0 unspecified atom stereocenters. The molecule has 2 aliphatic rings. The maximum Gasteiger partial charge on any atom is 0.271 e. The molecule has 0 aliphatic carbocycles. The number of furan rings is 1. The van der Waals surface area contributed by atoms with Crippen LogP contribution in [0.15, 0.2) is 37.9 Å². The third-order valence-corrected chi connectivity index (χ3v) is 5.70. The van der Waals surface area contributed by atoms with Gasteiger partial charge >= 0.3 is 0 Å². The van der Waals surface area contributed by atoms with Gasteiger partial charge < -0.3 is 14.6 Å². The minimum Gasteiger partial charge on any atom is -0.460 e. The van der Waals surface area contributed by atoms with Gasteiger partial charge in [-0.15, -0.1) is 0 Å². The highest BCUT2D eigenvalue weighted by Gasteiger charge is 2.27. The Morgan fingerprint density at radius 1 is 1.33 bits per heavy atom. The van der Waals surface area contributed by atoms with Crippen LogP contribution in [-0.2, 0) is 0 Å². The number of piperidine rings is 1. The number of carbonyl (C=O) groups is 1. The van der Waals surface area contributed by atoms with Gasteiger partial charge in [-0.05, 0) is 31.7 Å². The van der Waals surface area contributed by atoms with Crippen molar-refractivity contribution in [1.82, 2.24) is 20.2 Å². The molecular formula is C19H23N5O2S. The van der Waals surface area contributed by atoms with Crippen molar-refractivity contribution in [2.45, 2.75) is 48.9 Å². The Labute approximate surface area is 162 Å². The molecule has 8 heteroatoms. The number of likely N-dealkylation sites (tertiary alicyclic amines) is 1. The third kappa shape index (κ3) is 3.85. The number of amidine groups is 1. The van der Waals surface area contributed by atoms with E-state index in [2.05, 4.69) is 27.1 Å². The second kappa shape index (κ2) is 8.12. The molecule has 1 fully saturated rings. The number of rotatable bonds is 4. The average Bonchev–Trinajstić information content (AvgIpc) is 3.09. The van der Waals surface area contributed by atoms with Crippen LogP contribution in [-0.4, -0.2) is 46.2 Å². The van der Waals surface area contributed by atoms with Crippen molar-refractivity contribution in [3.63, 3.8) is 0 Å². The lowest BCUT2D eigenvalue weighted by molar-refractivity contribution is 0.0947. The number of carbonyl (C=O) groups excluding carboxylic acids is 1. The van der Waals surface area contributed by atoms with Crippen LogP contribution in [0.5, 0.6) is 0 Å². The first-order valence-corrected chi connectivity index (χ1v) is 10.3. The van der Waals surface area contributed by atoms with E-state index in [1.54, 1.807) is 6.26 Å². The highest BCUT2D eigenvalue weighted by molar-refractivity contribution is 7.99. The van der Waals surface area contributed by atoms with Crippen molar-refractivity contribution in [2.24, 2.45) is 4.99 Å². The topological polar surface area (TPSA) is 83.6 Å². The van der Waals surface area contributed by atoms with E-state index in [0.717, 1.165) is 55.3 Å². The van der Waals surface area contributed by atoms with Crippen molar-refractivity contribution in [1.29, 1.82) is 0 Å². The molecule has 7 nitrogen and oxygen atoms in total. The third-order valence-electron chi connectivity index (χ3n) is 4.68. The number of aliphatic imine (C=N–C) groups is 1. The highest BCUT2D eigenvalue weighted by atomic mass is 32.2. The number of fused-ring (bicyclic) bond motifs is 2. The van der Waals surface area contributed by atoms with Gasteiger partial charge in [0.25, 0.3) is 5.91 Å². The Kier molecular flexibility index (Phi) is 5.42. The number of hydrogen-bond donors (Lipinski definition) is 1. The summed E-state index contributed by atoms with van der Waals surface area (Å²) in [6.07, 6.45) is 8.70. The number of amides is 1. The number of nitrogens with one attached hydrogen (secondary N) is 1. The van der Waals surface area contributed by atoms with Gasteiger partial charge in [0.05, 0.1) is 17.4 Å². The summed E-state index contributed by atoms with van der Waals surface area (Å²) in [5.74, 6) is 1.82. The van der Waals surface area contributed by atoms with Crippen LogP contribution < -0.4 is 5.32 Å². The number of hydrogen-bond acceptors (Lipinski definition) is 7. The van der Waals surface area contributed by atoms with Gasteiger partial charge in [0.1, 0.15) is 10.7 Å². The summed E-state index contributed by atoms with van der Waals surface area (Å²) in [4.78, 5) is 29.3. The molecule has 1 N–H and O–H groups in total. The second-order valence-corrected chi connectivity index (χ2v) is 7.72. The first kappa shape index (κ1) is 18.0. The molecule has 0 saturated carbocycles. The Balaban J connectivity index is 1.67. The molecule has 2 aromatic heterocycles. The minimum absolute atomic E-state index is 0.209. The molecule has 1 amide bonds. The van der Waals surface area contributed by atoms with Crippen molar-refractivity contribution in [2.75, 3.05) is 19.6 Å². The molecule has 2 aliphatic heterocycles. The van der Waals surface area contributed by atoms with Crippen molar-refractivity contribution < 1.29 is 9.21 Å². The van der Waals surface area contributed by atoms with E-state index in [1.165, 1.54) is 24.4 Å². The molecule has 4 heterocycles. The molecule has 0 radical (unpaired) electrons. The van der Waals surface area contributed by atoms with Crippen molar-refractivity contribution in [3.8, 4) is 0 Å². The van der Waals surface area contributed by atoms with E-state index in [1.807, 2.05) is 6.07 Å². The van der Waals surface area contributed by atoms with Crippen molar-refractivity contribution in [3.05, 3.63) is 30.0 Å². The predicted molar refractivity (Wildman–Crippen MR) is 104 cm³/mol. The van der Waals surface area contributed by atoms with E-state index in [-0.39, 0.29) is 5.91 Å². The summed E-state index contributed by atoms with van der Waals surface area (Å²) >= 11 is 1.48.